The van der Waals surface area contributed by atoms with E-state index in [9.17, 15) is 18.4 Å². The first-order chi connectivity index (χ1) is 12.2. The van der Waals surface area contributed by atoms with Gasteiger partial charge in [-0.1, -0.05) is 12.1 Å². The van der Waals surface area contributed by atoms with E-state index in [4.69, 9.17) is 0 Å². The Morgan fingerprint density at radius 2 is 1.73 bits per heavy atom. The first-order valence-electron chi connectivity index (χ1n) is 8.04. The number of carbonyl (C=O) groups excluding carboxylic acids is 2. The first-order valence-corrected chi connectivity index (χ1v) is 8.04. The lowest BCUT2D eigenvalue weighted by atomic mass is 10.1. The van der Waals surface area contributed by atoms with Crippen molar-refractivity contribution in [2.45, 2.75) is 19.9 Å². The molecule has 3 amide bonds. The van der Waals surface area contributed by atoms with E-state index < -0.39 is 23.7 Å². The van der Waals surface area contributed by atoms with Gasteiger partial charge < -0.3 is 15.5 Å². The van der Waals surface area contributed by atoms with E-state index in [1.165, 1.54) is 11.0 Å². The predicted octanol–water partition coefficient (Wildman–Crippen LogP) is 3.86. The van der Waals surface area contributed by atoms with Gasteiger partial charge in [0.15, 0.2) is 11.6 Å². The summed E-state index contributed by atoms with van der Waals surface area (Å²) in [6, 6.07) is 7.44. The molecule has 0 aliphatic heterocycles. The molecule has 0 aliphatic carbocycles. The molecule has 0 saturated heterocycles. The Bertz CT molecular complexity index is 838. The van der Waals surface area contributed by atoms with Crippen molar-refractivity contribution in [3.8, 4) is 0 Å². The molecular formula is C19H21F2N3O2. The number of rotatable bonds is 4. The summed E-state index contributed by atoms with van der Waals surface area (Å²) >= 11 is 0. The van der Waals surface area contributed by atoms with Gasteiger partial charge in [-0.05, 0) is 49.2 Å². The zero-order valence-corrected chi connectivity index (χ0v) is 15.1. The van der Waals surface area contributed by atoms with Crippen LogP contribution in [0, 0.1) is 18.6 Å². The zero-order chi connectivity index (χ0) is 19.4. The highest BCUT2D eigenvalue weighted by molar-refractivity contribution is 5.97. The van der Waals surface area contributed by atoms with Gasteiger partial charge >= 0.3 is 6.03 Å². The maximum absolute atomic E-state index is 13.3. The molecule has 0 spiro atoms. The van der Waals surface area contributed by atoms with Crippen LogP contribution in [0.3, 0.4) is 0 Å². The highest BCUT2D eigenvalue weighted by Gasteiger charge is 2.14. The second-order valence-electron chi connectivity index (χ2n) is 6.22. The molecule has 0 saturated carbocycles. The number of hydrogen-bond acceptors (Lipinski definition) is 2. The number of carbonyl (C=O) groups is 2. The average Bonchev–Trinajstić information content (AvgIpc) is 2.58. The number of hydrogen-bond donors (Lipinski definition) is 2. The maximum Gasteiger partial charge on any atom is 0.319 e. The molecule has 2 rings (SSSR count). The summed E-state index contributed by atoms with van der Waals surface area (Å²) in [6.45, 7) is 3.46. The first kappa shape index (κ1) is 19.4. The Morgan fingerprint density at radius 3 is 2.35 bits per heavy atom. The zero-order valence-electron chi connectivity index (χ0n) is 15.1. The fourth-order valence-corrected chi connectivity index (χ4v) is 2.37. The van der Waals surface area contributed by atoms with E-state index in [1.807, 2.05) is 0 Å². The summed E-state index contributed by atoms with van der Waals surface area (Å²) in [5.41, 5.74) is 2.17. The molecule has 2 N–H and O–H groups in total. The van der Waals surface area contributed by atoms with Crippen LogP contribution in [0.5, 0.6) is 0 Å². The monoisotopic (exact) mass is 361 g/mol. The van der Waals surface area contributed by atoms with Crippen LogP contribution in [0.2, 0.25) is 0 Å². The number of nitrogens with one attached hydrogen (secondary N) is 2. The molecule has 26 heavy (non-hydrogen) atoms. The molecule has 5 nitrogen and oxygen atoms in total. The van der Waals surface area contributed by atoms with Crippen LogP contribution in [0.15, 0.2) is 36.4 Å². The van der Waals surface area contributed by atoms with Gasteiger partial charge in [0.1, 0.15) is 0 Å². The second kappa shape index (κ2) is 7.95. The van der Waals surface area contributed by atoms with Crippen LogP contribution in [0.4, 0.5) is 19.3 Å². The van der Waals surface area contributed by atoms with Crippen LogP contribution in [0.1, 0.15) is 34.5 Å². The van der Waals surface area contributed by atoms with Gasteiger partial charge in [-0.25, -0.2) is 13.6 Å². The normalized spacial score (nSPS) is 11.6. The number of aryl methyl sites for hydroxylation is 1. The van der Waals surface area contributed by atoms with Crippen molar-refractivity contribution in [2.75, 3.05) is 19.4 Å². The number of anilines is 1. The van der Waals surface area contributed by atoms with Gasteiger partial charge in [-0.15, -0.1) is 0 Å². The van der Waals surface area contributed by atoms with Crippen molar-refractivity contribution in [1.29, 1.82) is 0 Å². The van der Waals surface area contributed by atoms with Gasteiger partial charge in [-0.3, -0.25) is 4.79 Å². The third-order valence-electron chi connectivity index (χ3n) is 3.93. The number of nitrogens with zero attached hydrogens (tertiary/aromatic N) is 1. The van der Waals surface area contributed by atoms with Gasteiger partial charge in [0.25, 0.3) is 5.91 Å². The van der Waals surface area contributed by atoms with Crippen LogP contribution in [-0.4, -0.2) is 30.9 Å². The van der Waals surface area contributed by atoms with E-state index in [1.54, 1.807) is 46.1 Å². The summed E-state index contributed by atoms with van der Waals surface area (Å²) in [7, 11) is 3.29. The fraction of sp³-hybridized carbons (Fsp3) is 0.263. The molecule has 0 bridgehead atoms. The predicted molar refractivity (Wildman–Crippen MR) is 96.1 cm³/mol. The highest BCUT2D eigenvalue weighted by Crippen LogP contribution is 2.19. The number of benzene rings is 2. The Labute approximate surface area is 151 Å². The maximum atomic E-state index is 13.3. The molecule has 0 aromatic heterocycles. The van der Waals surface area contributed by atoms with E-state index in [-0.39, 0.29) is 5.91 Å². The lowest BCUT2D eigenvalue weighted by molar-refractivity contribution is 0.0827. The molecule has 0 heterocycles. The van der Waals surface area contributed by atoms with Crippen molar-refractivity contribution in [3.05, 3.63) is 64.7 Å². The molecule has 1 atom stereocenters. The van der Waals surface area contributed by atoms with Crippen molar-refractivity contribution >= 4 is 17.6 Å². The Morgan fingerprint density at radius 1 is 1.04 bits per heavy atom. The molecule has 2 aromatic carbocycles. The number of amides is 3. The molecule has 0 radical (unpaired) electrons. The standard InChI is InChI=1S/C19H21F2N3O2/c1-11-5-6-14(18(25)24(3)4)10-17(11)23-19(26)22-12(2)13-7-8-15(20)16(21)9-13/h5-10,12H,1-4H3,(H2,22,23,26). The van der Waals surface area contributed by atoms with Crippen molar-refractivity contribution in [3.63, 3.8) is 0 Å². The van der Waals surface area contributed by atoms with Gasteiger partial charge in [0.05, 0.1) is 6.04 Å². The topological polar surface area (TPSA) is 61.4 Å². The molecule has 0 fully saturated rings. The van der Waals surface area contributed by atoms with Crippen LogP contribution in [0.25, 0.3) is 0 Å². The quantitative estimate of drug-likeness (QED) is 0.869. The summed E-state index contributed by atoms with van der Waals surface area (Å²) in [5, 5.41) is 5.34. The van der Waals surface area contributed by atoms with Gasteiger partial charge in [0.2, 0.25) is 0 Å². The Kier molecular flexibility index (Phi) is 5.92. The van der Waals surface area contributed by atoms with E-state index in [0.717, 1.165) is 17.7 Å². The minimum atomic E-state index is -0.970. The molecule has 138 valence electrons. The molecule has 7 heteroatoms. The smallest absolute Gasteiger partial charge is 0.319 e. The van der Waals surface area contributed by atoms with E-state index >= 15 is 0 Å². The second-order valence-corrected chi connectivity index (χ2v) is 6.22. The highest BCUT2D eigenvalue weighted by atomic mass is 19.2. The van der Waals surface area contributed by atoms with E-state index in [2.05, 4.69) is 10.6 Å². The molecule has 1 unspecified atom stereocenters. The van der Waals surface area contributed by atoms with Crippen LogP contribution in [-0.2, 0) is 0 Å². The van der Waals surface area contributed by atoms with Crippen LogP contribution >= 0.6 is 0 Å². The number of urea groups is 1. The Hall–Kier alpha value is -2.96. The lowest BCUT2D eigenvalue weighted by Gasteiger charge is -2.17. The number of halogens is 2. The summed E-state index contributed by atoms with van der Waals surface area (Å²) in [5.74, 6) is -2.09. The average molecular weight is 361 g/mol. The largest absolute Gasteiger partial charge is 0.345 e. The molecular weight excluding hydrogens is 340 g/mol. The van der Waals surface area contributed by atoms with Gasteiger partial charge in [0, 0.05) is 25.3 Å². The van der Waals surface area contributed by atoms with Crippen LogP contribution < -0.4 is 10.6 Å². The summed E-state index contributed by atoms with van der Waals surface area (Å²) < 4.78 is 26.3. The fourth-order valence-electron chi connectivity index (χ4n) is 2.37. The summed E-state index contributed by atoms with van der Waals surface area (Å²) in [4.78, 5) is 25.7. The molecule has 2 aromatic rings. The SMILES string of the molecule is Cc1ccc(C(=O)N(C)C)cc1NC(=O)NC(C)c1ccc(F)c(F)c1. The van der Waals surface area contributed by atoms with Gasteiger partial charge in [-0.2, -0.15) is 0 Å². The minimum Gasteiger partial charge on any atom is -0.345 e. The third kappa shape index (κ3) is 4.56. The Balaban J connectivity index is 2.10. The van der Waals surface area contributed by atoms with E-state index in [0.29, 0.717) is 16.8 Å². The van der Waals surface area contributed by atoms with Crippen molar-refractivity contribution in [1.82, 2.24) is 10.2 Å². The summed E-state index contributed by atoms with van der Waals surface area (Å²) in [6.07, 6.45) is 0. The minimum absolute atomic E-state index is 0.177. The molecule has 0 aliphatic rings. The van der Waals surface area contributed by atoms with Crippen molar-refractivity contribution < 1.29 is 18.4 Å². The third-order valence-corrected chi connectivity index (χ3v) is 3.93. The lowest BCUT2D eigenvalue weighted by Crippen LogP contribution is -2.31. The van der Waals surface area contributed by atoms with Crippen molar-refractivity contribution in [2.24, 2.45) is 0 Å².